The summed E-state index contributed by atoms with van der Waals surface area (Å²) >= 11 is 0. The molecule has 7 heteroatoms. The van der Waals surface area contributed by atoms with E-state index in [0.717, 1.165) is 31.2 Å². The van der Waals surface area contributed by atoms with Crippen molar-refractivity contribution in [3.8, 4) is 0 Å². The molecule has 0 amide bonds. The van der Waals surface area contributed by atoms with Crippen LogP contribution in [0.25, 0.3) is 0 Å². The number of nitrogens with one attached hydrogen (secondary N) is 2. The van der Waals surface area contributed by atoms with Crippen molar-refractivity contribution in [3.63, 3.8) is 0 Å². The van der Waals surface area contributed by atoms with Gasteiger partial charge in [0.15, 0.2) is 5.03 Å². The summed E-state index contributed by atoms with van der Waals surface area (Å²) in [5, 5.41) is 10.4. The van der Waals surface area contributed by atoms with E-state index in [4.69, 9.17) is 0 Å². The second kappa shape index (κ2) is 5.07. The van der Waals surface area contributed by atoms with E-state index < -0.39 is 10.0 Å². The molecule has 0 radical (unpaired) electrons. The lowest BCUT2D eigenvalue weighted by molar-refractivity contribution is 0.386. The number of aromatic amines is 1. The Labute approximate surface area is 125 Å². The summed E-state index contributed by atoms with van der Waals surface area (Å²) in [6.45, 7) is 1.26. The number of sulfonamides is 1. The first-order valence-corrected chi connectivity index (χ1v) is 9.36. The van der Waals surface area contributed by atoms with Crippen molar-refractivity contribution in [3.05, 3.63) is 11.8 Å². The number of rotatable bonds is 8. The summed E-state index contributed by atoms with van der Waals surface area (Å²) in [7, 11) is -3.43. The van der Waals surface area contributed by atoms with E-state index in [0.29, 0.717) is 30.1 Å². The van der Waals surface area contributed by atoms with Gasteiger partial charge in [-0.25, -0.2) is 8.42 Å². The monoisotopic (exact) mass is 310 g/mol. The minimum Gasteiger partial charge on any atom is -0.310 e. The first kappa shape index (κ1) is 13.7. The predicted octanol–water partition coefficient (Wildman–Crippen LogP) is 1.22. The van der Waals surface area contributed by atoms with Crippen molar-refractivity contribution in [1.29, 1.82) is 0 Å². The Morgan fingerprint density at radius 3 is 2.62 bits per heavy atom. The van der Waals surface area contributed by atoms with Gasteiger partial charge in [0.2, 0.25) is 0 Å². The zero-order valence-corrected chi connectivity index (χ0v) is 12.9. The number of hydrogen-bond donors (Lipinski definition) is 2. The minimum atomic E-state index is -3.43. The van der Waals surface area contributed by atoms with Gasteiger partial charge in [0.1, 0.15) is 0 Å². The molecular weight excluding hydrogens is 288 g/mol. The highest BCUT2D eigenvalue weighted by atomic mass is 32.2. The minimum absolute atomic E-state index is 0.211. The van der Waals surface area contributed by atoms with Crippen LogP contribution in [0.2, 0.25) is 0 Å². The van der Waals surface area contributed by atoms with Gasteiger partial charge in [0, 0.05) is 30.7 Å². The molecule has 0 saturated heterocycles. The number of hydrogen-bond acceptors (Lipinski definition) is 4. The van der Waals surface area contributed by atoms with Gasteiger partial charge in [0.05, 0.1) is 6.20 Å². The maximum absolute atomic E-state index is 12.9. The van der Waals surface area contributed by atoms with Crippen molar-refractivity contribution >= 4 is 10.0 Å². The molecule has 0 aliphatic heterocycles. The summed E-state index contributed by atoms with van der Waals surface area (Å²) in [5.74, 6) is 0.566. The van der Waals surface area contributed by atoms with Crippen LogP contribution in [-0.4, -0.2) is 41.5 Å². The van der Waals surface area contributed by atoms with E-state index in [2.05, 4.69) is 15.5 Å². The maximum atomic E-state index is 12.9. The van der Waals surface area contributed by atoms with Crippen molar-refractivity contribution in [2.45, 2.75) is 62.2 Å². The average molecular weight is 310 g/mol. The van der Waals surface area contributed by atoms with Gasteiger partial charge in [-0.15, -0.1) is 0 Å². The molecule has 0 unspecified atom stereocenters. The summed E-state index contributed by atoms with van der Waals surface area (Å²) in [6, 6.07) is 0.768. The molecule has 1 heterocycles. The Hall–Kier alpha value is -0.920. The molecule has 4 rings (SSSR count). The van der Waals surface area contributed by atoms with Crippen LogP contribution in [0.4, 0.5) is 0 Å². The van der Waals surface area contributed by atoms with Crippen molar-refractivity contribution < 1.29 is 8.42 Å². The predicted molar refractivity (Wildman–Crippen MR) is 78.1 cm³/mol. The van der Waals surface area contributed by atoms with Gasteiger partial charge in [-0.05, 0) is 44.4 Å². The average Bonchev–Trinajstić information content (AvgIpc) is 3.30. The van der Waals surface area contributed by atoms with Gasteiger partial charge in [-0.2, -0.15) is 9.40 Å². The van der Waals surface area contributed by atoms with Gasteiger partial charge >= 0.3 is 0 Å². The van der Waals surface area contributed by atoms with Crippen LogP contribution in [0, 0.1) is 5.92 Å². The maximum Gasteiger partial charge on any atom is 0.260 e. The number of nitrogens with zero attached hydrogens (tertiary/aromatic N) is 2. The lowest BCUT2D eigenvalue weighted by Crippen LogP contribution is -2.36. The quantitative estimate of drug-likeness (QED) is 0.757. The molecule has 3 fully saturated rings. The second-order valence-electron chi connectivity index (χ2n) is 6.63. The first-order valence-electron chi connectivity index (χ1n) is 7.92. The lowest BCUT2D eigenvalue weighted by atomic mass is 10.3. The Balaban J connectivity index is 1.55. The highest BCUT2D eigenvalue weighted by molar-refractivity contribution is 7.89. The van der Waals surface area contributed by atoms with Crippen LogP contribution in [0.5, 0.6) is 0 Å². The van der Waals surface area contributed by atoms with Crippen LogP contribution in [0.15, 0.2) is 11.2 Å². The molecule has 3 saturated carbocycles. The fraction of sp³-hybridized carbons (Fsp3) is 0.786. The highest BCUT2D eigenvalue weighted by Gasteiger charge is 2.42. The molecule has 3 aliphatic rings. The SMILES string of the molecule is O=S(=O)(c1[nH]ncc1CNC1CC1)N(CC1CC1)C1CC1. The molecule has 0 atom stereocenters. The van der Waals surface area contributed by atoms with E-state index in [1.54, 1.807) is 10.5 Å². The van der Waals surface area contributed by atoms with E-state index in [1.165, 1.54) is 12.8 Å². The van der Waals surface area contributed by atoms with Crippen molar-refractivity contribution in [2.75, 3.05) is 6.54 Å². The zero-order valence-electron chi connectivity index (χ0n) is 12.1. The lowest BCUT2D eigenvalue weighted by Gasteiger charge is -2.21. The van der Waals surface area contributed by atoms with Crippen LogP contribution in [0.3, 0.4) is 0 Å². The molecule has 2 N–H and O–H groups in total. The smallest absolute Gasteiger partial charge is 0.260 e. The van der Waals surface area contributed by atoms with Crippen LogP contribution in [-0.2, 0) is 16.6 Å². The third kappa shape index (κ3) is 3.00. The normalized spacial score (nSPS) is 22.9. The summed E-state index contributed by atoms with van der Waals surface area (Å²) in [4.78, 5) is 0. The Kier molecular flexibility index (Phi) is 3.31. The molecular formula is C14H22N4O2S. The molecule has 3 aliphatic carbocycles. The Morgan fingerprint density at radius 1 is 1.24 bits per heavy atom. The van der Waals surface area contributed by atoms with Gasteiger partial charge in [-0.1, -0.05) is 0 Å². The molecule has 1 aromatic heterocycles. The van der Waals surface area contributed by atoms with E-state index in [1.807, 2.05) is 0 Å². The molecule has 6 nitrogen and oxygen atoms in total. The Bertz CT molecular complexity index is 615. The van der Waals surface area contributed by atoms with Gasteiger partial charge in [0.25, 0.3) is 10.0 Å². The summed E-state index contributed by atoms with van der Waals surface area (Å²) in [5.41, 5.74) is 0.767. The van der Waals surface area contributed by atoms with Crippen molar-refractivity contribution in [2.24, 2.45) is 5.92 Å². The van der Waals surface area contributed by atoms with Gasteiger partial charge in [-0.3, -0.25) is 5.10 Å². The molecule has 0 bridgehead atoms. The molecule has 21 heavy (non-hydrogen) atoms. The summed E-state index contributed by atoms with van der Waals surface area (Å²) < 4.78 is 27.6. The first-order chi connectivity index (χ1) is 10.1. The number of H-pyrrole nitrogens is 1. The third-order valence-electron chi connectivity index (χ3n) is 4.49. The molecule has 1 aromatic rings. The number of aromatic nitrogens is 2. The summed E-state index contributed by atoms with van der Waals surface area (Å²) in [6.07, 6.45) is 8.34. The largest absolute Gasteiger partial charge is 0.310 e. The fourth-order valence-corrected chi connectivity index (χ4v) is 4.54. The topological polar surface area (TPSA) is 78.1 Å². The van der Waals surface area contributed by atoms with E-state index in [-0.39, 0.29) is 6.04 Å². The standard InChI is InChI=1S/C14H22N4O2S/c19-21(20,18(13-5-6-13)9-10-1-2-10)14-11(8-16-17-14)7-15-12-3-4-12/h8,10,12-13,15H,1-7,9H2,(H,16,17). The Morgan fingerprint density at radius 2 is 2.00 bits per heavy atom. The molecule has 0 spiro atoms. The molecule has 0 aromatic carbocycles. The molecule has 116 valence electrons. The second-order valence-corrected chi connectivity index (χ2v) is 8.46. The van der Waals surface area contributed by atoms with E-state index in [9.17, 15) is 8.42 Å². The van der Waals surface area contributed by atoms with Crippen molar-refractivity contribution in [1.82, 2.24) is 19.8 Å². The fourth-order valence-electron chi connectivity index (χ4n) is 2.67. The van der Waals surface area contributed by atoms with Gasteiger partial charge < -0.3 is 5.32 Å². The van der Waals surface area contributed by atoms with Crippen LogP contribution in [0.1, 0.15) is 44.1 Å². The van der Waals surface area contributed by atoms with Crippen LogP contribution < -0.4 is 5.32 Å². The zero-order chi connectivity index (χ0) is 14.4. The highest BCUT2D eigenvalue weighted by Crippen LogP contribution is 2.38. The van der Waals surface area contributed by atoms with Crippen LogP contribution >= 0.6 is 0 Å². The van der Waals surface area contributed by atoms with E-state index >= 15 is 0 Å². The third-order valence-corrected chi connectivity index (χ3v) is 6.43.